The molecule has 0 saturated heterocycles. The zero-order valence-corrected chi connectivity index (χ0v) is 16.6. The van der Waals surface area contributed by atoms with E-state index in [1.165, 1.54) is 6.92 Å². The number of hydrogen-bond acceptors (Lipinski definition) is 8. The lowest BCUT2D eigenvalue weighted by Gasteiger charge is -2.23. The summed E-state index contributed by atoms with van der Waals surface area (Å²) in [7, 11) is 0. The standard InChI is InChI=1S/C16H28N6O8/c1-6(13(26)22-12(7(2)23)16(29)30)20-15(28)9(3-4-10(18)24)21-14(27)8(17)5-11(19)25/h6-9,12,23H,3-5,17H2,1-2H3,(H2,18,24)(H2,19,25)(H,20,28)(H,21,27)(H,22,26)(H,29,30). The molecule has 0 spiro atoms. The van der Waals surface area contributed by atoms with Crippen LogP contribution in [0.4, 0.5) is 0 Å². The molecule has 0 aliphatic carbocycles. The van der Waals surface area contributed by atoms with Crippen molar-refractivity contribution < 1.29 is 39.0 Å². The first-order valence-electron chi connectivity index (χ1n) is 8.90. The number of nitrogens with two attached hydrogens (primary N) is 3. The van der Waals surface area contributed by atoms with E-state index < -0.39 is 72.2 Å². The van der Waals surface area contributed by atoms with Gasteiger partial charge in [-0.1, -0.05) is 0 Å². The van der Waals surface area contributed by atoms with Crippen LogP contribution in [0.3, 0.4) is 0 Å². The smallest absolute Gasteiger partial charge is 0.328 e. The van der Waals surface area contributed by atoms with Gasteiger partial charge >= 0.3 is 5.97 Å². The van der Waals surface area contributed by atoms with Crippen molar-refractivity contribution in [2.24, 2.45) is 17.2 Å². The van der Waals surface area contributed by atoms with E-state index in [0.717, 1.165) is 6.92 Å². The second-order valence-corrected chi connectivity index (χ2v) is 6.64. The normalized spacial score (nSPS) is 15.6. The van der Waals surface area contributed by atoms with Crippen LogP contribution in [-0.2, 0) is 28.8 Å². The van der Waals surface area contributed by atoms with Crippen molar-refractivity contribution in [2.75, 3.05) is 0 Å². The quantitative estimate of drug-likeness (QED) is 0.139. The summed E-state index contributed by atoms with van der Waals surface area (Å²) in [6.45, 7) is 2.40. The maximum absolute atomic E-state index is 12.4. The van der Waals surface area contributed by atoms with E-state index in [-0.39, 0.29) is 12.8 Å². The first kappa shape index (κ1) is 26.7. The van der Waals surface area contributed by atoms with Gasteiger partial charge in [-0.2, -0.15) is 0 Å². The number of hydrogen-bond donors (Lipinski definition) is 8. The van der Waals surface area contributed by atoms with Gasteiger partial charge in [0.25, 0.3) is 0 Å². The first-order valence-corrected chi connectivity index (χ1v) is 8.90. The molecule has 0 aromatic heterocycles. The zero-order valence-electron chi connectivity index (χ0n) is 16.6. The fraction of sp³-hybridized carbons (Fsp3) is 0.625. The van der Waals surface area contributed by atoms with Crippen molar-refractivity contribution in [3.63, 3.8) is 0 Å². The average Bonchev–Trinajstić information content (AvgIpc) is 2.60. The van der Waals surface area contributed by atoms with Crippen LogP contribution in [0.25, 0.3) is 0 Å². The molecule has 5 atom stereocenters. The predicted molar refractivity (Wildman–Crippen MR) is 101 cm³/mol. The molecule has 0 aromatic carbocycles. The van der Waals surface area contributed by atoms with Gasteiger partial charge in [0.2, 0.25) is 29.5 Å². The molecule has 14 nitrogen and oxygen atoms in total. The second-order valence-electron chi connectivity index (χ2n) is 6.64. The number of aliphatic carboxylic acids is 1. The third-order valence-corrected chi connectivity index (χ3v) is 3.87. The molecule has 0 aromatic rings. The Kier molecular flexibility index (Phi) is 11.0. The van der Waals surface area contributed by atoms with Gasteiger partial charge in [0, 0.05) is 6.42 Å². The van der Waals surface area contributed by atoms with E-state index in [0.29, 0.717) is 0 Å². The van der Waals surface area contributed by atoms with Crippen LogP contribution in [0.2, 0.25) is 0 Å². The van der Waals surface area contributed by atoms with E-state index in [9.17, 15) is 33.9 Å². The number of nitrogens with one attached hydrogen (secondary N) is 3. The minimum absolute atomic E-state index is 0.226. The summed E-state index contributed by atoms with van der Waals surface area (Å²) < 4.78 is 0. The molecule has 30 heavy (non-hydrogen) atoms. The molecule has 5 amide bonds. The van der Waals surface area contributed by atoms with Gasteiger partial charge in [-0.25, -0.2) is 4.79 Å². The first-order chi connectivity index (χ1) is 13.8. The van der Waals surface area contributed by atoms with E-state index in [1.807, 2.05) is 0 Å². The Morgan fingerprint density at radius 2 is 1.43 bits per heavy atom. The molecule has 0 fully saturated rings. The van der Waals surface area contributed by atoms with Crippen LogP contribution in [0, 0.1) is 0 Å². The Labute approximate surface area is 171 Å². The Hall–Kier alpha value is -3.26. The SMILES string of the molecule is CC(NC(=O)C(CCC(N)=O)NC(=O)C(N)CC(N)=O)C(=O)NC(C(=O)O)C(C)O. The summed E-state index contributed by atoms with van der Waals surface area (Å²) in [6.07, 6.45) is -2.39. The number of aliphatic hydroxyl groups is 1. The van der Waals surface area contributed by atoms with Gasteiger partial charge in [0.05, 0.1) is 18.6 Å². The van der Waals surface area contributed by atoms with E-state index in [2.05, 4.69) is 16.0 Å². The van der Waals surface area contributed by atoms with Crippen LogP contribution in [0.15, 0.2) is 0 Å². The van der Waals surface area contributed by atoms with Gasteiger partial charge < -0.3 is 43.4 Å². The fourth-order valence-corrected chi connectivity index (χ4v) is 2.19. The maximum Gasteiger partial charge on any atom is 0.328 e. The number of carbonyl (C=O) groups excluding carboxylic acids is 5. The molecule has 0 aliphatic heterocycles. The van der Waals surface area contributed by atoms with Crippen LogP contribution < -0.4 is 33.2 Å². The minimum Gasteiger partial charge on any atom is -0.480 e. The van der Waals surface area contributed by atoms with Crippen molar-refractivity contribution in [2.45, 2.75) is 63.4 Å². The Morgan fingerprint density at radius 3 is 1.87 bits per heavy atom. The van der Waals surface area contributed by atoms with Gasteiger partial charge in [-0.3, -0.25) is 24.0 Å². The molecule has 0 rings (SSSR count). The Morgan fingerprint density at radius 1 is 0.867 bits per heavy atom. The van der Waals surface area contributed by atoms with Crippen LogP contribution in [0.1, 0.15) is 33.1 Å². The topological polar surface area (TPSA) is 257 Å². The molecule has 0 saturated carbocycles. The second kappa shape index (κ2) is 12.3. The zero-order chi connectivity index (χ0) is 23.6. The third-order valence-electron chi connectivity index (χ3n) is 3.87. The van der Waals surface area contributed by atoms with Crippen molar-refractivity contribution in [1.29, 1.82) is 0 Å². The fourth-order valence-electron chi connectivity index (χ4n) is 2.19. The summed E-state index contributed by atoms with van der Waals surface area (Å²) in [6, 6.07) is -5.53. The number of carbonyl (C=O) groups is 6. The number of rotatable bonds is 13. The van der Waals surface area contributed by atoms with Crippen molar-refractivity contribution in [3.8, 4) is 0 Å². The number of aliphatic hydroxyl groups excluding tert-OH is 1. The van der Waals surface area contributed by atoms with Gasteiger partial charge in [-0.05, 0) is 20.3 Å². The highest BCUT2D eigenvalue weighted by atomic mass is 16.4. The van der Waals surface area contributed by atoms with E-state index in [4.69, 9.17) is 22.3 Å². The van der Waals surface area contributed by atoms with E-state index >= 15 is 0 Å². The van der Waals surface area contributed by atoms with Crippen LogP contribution in [-0.4, -0.2) is 76.0 Å². The molecule has 0 bridgehead atoms. The molecular weight excluding hydrogens is 404 g/mol. The van der Waals surface area contributed by atoms with Crippen molar-refractivity contribution >= 4 is 35.5 Å². The highest BCUT2D eigenvalue weighted by Gasteiger charge is 2.30. The number of amides is 5. The average molecular weight is 432 g/mol. The summed E-state index contributed by atoms with van der Waals surface area (Å²) in [5.74, 6) is -5.77. The molecule has 170 valence electrons. The van der Waals surface area contributed by atoms with Crippen LogP contribution in [0.5, 0.6) is 0 Å². The lowest BCUT2D eigenvalue weighted by Crippen LogP contribution is -2.57. The molecule has 14 heteroatoms. The minimum atomic E-state index is -1.60. The van der Waals surface area contributed by atoms with Gasteiger partial charge in [0.15, 0.2) is 6.04 Å². The summed E-state index contributed by atoms with van der Waals surface area (Å²) in [4.78, 5) is 69.5. The highest BCUT2D eigenvalue weighted by molar-refractivity contribution is 5.95. The summed E-state index contributed by atoms with van der Waals surface area (Å²) >= 11 is 0. The molecule has 0 heterocycles. The summed E-state index contributed by atoms with van der Waals surface area (Å²) in [5.41, 5.74) is 15.5. The highest BCUT2D eigenvalue weighted by Crippen LogP contribution is 2.01. The summed E-state index contributed by atoms with van der Waals surface area (Å²) in [5, 5.41) is 24.9. The largest absolute Gasteiger partial charge is 0.480 e. The lowest BCUT2D eigenvalue weighted by molar-refractivity contribution is -0.145. The maximum atomic E-state index is 12.4. The Balaban J connectivity index is 5.15. The third kappa shape index (κ3) is 9.79. The van der Waals surface area contributed by atoms with Crippen molar-refractivity contribution in [1.82, 2.24) is 16.0 Å². The van der Waals surface area contributed by atoms with Gasteiger partial charge in [0.1, 0.15) is 12.1 Å². The number of primary amides is 2. The molecular formula is C16H28N6O8. The Bertz CT molecular complexity index is 683. The molecule has 5 unspecified atom stereocenters. The predicted octanol–water partition coefficient (Wildman–Crippen LogP) is -4.61. The monoisotopic (exact) mass is 432 g/mol. The molecule has 0 aliphatic rings. The van der Waals surface area contributed by atoms with Crippen LogP contribution >= 0.6 is 0 Å². The van der Waals surface area contributed by atoms with E-state index in [1.54, 1.807) is 0 Å². The number of carboxylic acids is 1. The van der Waals surface area contributed by atoms with Crippen molar-refractivity contribution in [3.05, 3.63) is 0 Å². The molecule has 0 radical (unpaired) electrons. The molecule has 11 N–H and O–H groups in total. The van der Waals surface area contributed by atoms with Gasteiger partial charge in [-0.15, -0.1) is 0 Å². The lowest BCUT2D eigenvalue weighted by atomic mass is 10.1. The number of carboxylic acid groups (broad SMARTS) is 1.